The van der Waals surface area contributed by atoms with Gasteiger partial charge in [-0.1, -0.05) is 19.9 Å². The zero-order chi connectivity index (χ0) is 20.9. The van der Waals surface area contributed by atoms with Crippen molar-refractivity contribution in [3.05, 3.63) is 59.4 Å². The standard InChI is InChI=1S/C23H23N3O4/c1-14(2)15-5-6-20-16(12-15)22(28)30-23(29-20)7-10-26(11-8-23)21(27)19-13-18-17(25-19)4-3-9-24-18/h3-6,9,12-14,25H,7-8,10-11H2,1-2H3. The number of nitrogens with one attached hydrogen (secondary N) is 1. The molecule has 1 spiro atoms. The van der Waals surface area contributed by atoms with E-state index in [1.165, 1.54) is 0 Å². The number of carbonyl (C=O) groups excluding carboxylic acids is 2. The molecule has 0 bridgehead atoms. The summed E-state index contributed by atoms with van der Waals surface area (Å²) < 4.78 is 11.9. The molecule has 3 aromatic rings. The summed E-state index contributed by atoms with van der Waals surface area (Å²) in [5.74, 6) is -0.597. The molecular formula is C23H23N3O4. The molecule has 1 amide bonds. The lowest BCUT2D eigenvalue weighted by Crippen LogP contribution is -2.53. The molecule has 1 saturated heterocycles. The monoisotopic (exact) mass is 405 g/mol. The molecule has 0 atom stereocenters. The molecule has 1 fully saturated rings. The van der Waals surface area contributed by atoms with Crippen molar-refractivity contribution < 1.29 is 19.1 Å². The Bertz CT molecular complexity index is 1110. The first-order chi connectivity index (χ1) is 14.4. The highest BCUT2D eigenvalue weighted by atomic mass is 16.7. The van der Waals surface area contributed by atoms with Crippen LogP contribution in [0.5, 0.6) is 5.75 Å². The largest absolute Gasteiger partial charge is 0.451 e. The van der Waals surface area contributed by atoms with Crippen molar-refractivity contribution in [3.8, 4) is 5.75 Å². The molecule has 1 aromatic carbocycles. The zero-order valence-corrected chi connectivity index (χ0v) is 17.0. The van der Waals surface area contributed by atoms with Gasteiger partial charge in [0.25, 0.3) is 11.7 Å². The molecule has 0 aliphatic carbocycles. The molecular weight excluding hydrogens is 382 g/mol. The number of likely N-dealkylation sites (tertiary alicyclic amines) is 1. The normalized spacial score (nSPS) is 17.7. The lowest BCUT2D eigenvalue weighted by atomic mass is 9.97. The Morgan fingerprint density at radius 3 is 2.70 bits per heavy atom. The Morgan fingerprint density at radius 1 is 1.17 bits per heavy atom. The van der Waals surface area contributed by atoms with E-state index >= 15 is 0 Å². The average Bonchev–Trinajstić information content (AvgIpc) is 3.18. The first kappa shape index (κ1) is 18.7. The van der Waals surface area contributed by atoms with Crippen LogP contribution in [-0.4, -0.2) is 45.6 Å². The number of rotatable bonds is 2. The lowest BCUT2D eigenvalue weighted by Gasteiger charge is -2.43. The van der Waals surface area contributed by atoms with Crippen LogP contribution in [0.25, 0.3) is 11.0 Å². The van der Waals surface area contributed by atoms with Crippen molar-refractivity contribution in [1.82, 2.24) is 14.9 Å². The van der Waals surface area contributed by atoms with Gasteiger partial charge in [0.05, 0.1) is 11.0 Å². The fourth-order valence-electron chi connectivity index (χ4n) is 4.10. The van der Waals surface area contributed by atoms with Gasteiger partial charge >= 0.3 is 5.97 Å². The second kappa shape index (κ2) is 6.86. The van der Waals surface area contributed by atoms with Gasteiger partial charge in [0, 0.05) is 32.1 Å². The molecule has 30 heavy (non-hydrogen) atoms. The highest BCUT2D eigenvalue weighted by Crippen LogP contribution is 2.38. The third-order valence-corrected chi connectivity index (χ3v) is 5.90. The van der Waals surface area contributed by atoms with Gasteiger partial charge in [-0.2, -0.15) is 0 Å². The smallest absolute Gasteiger partial charge is 0.345 e. The molecule has 0 unspecified atom stereocenters. The number of H-pyrrole nitrogens is 1. The summed E-state index contributed by atoms with van der Waals surface area (Å²) in [6.45, 7) is 5.03. The fraction of sp³-hybridized carbons (Fsp3) is 0.348. The number of aromatic nitrogens is 2. The molecule has 1 N–H and O–H groups in total. The Labute approximate surface area is 174 Å². The highest BCUT2D eigenvalue weighted by molar-refractivity contribution is 5.97. The van der Waals surface area contributed by atoms with Crippen molar-refractivity contribution in [1.29, 1.82) is 0 Å². The van der Waals surface area contributed by atoms with Gasteiger partial charge in [0.2, 0.25) is 0 Å². The molecule has 2 aromatic heterocycles. The third-order valence-electron chi connectivity index (χ3n) is 5.90. The zero-order valence-electron chi connectivity index (χ0n) is 17.0. The first-order valence-electron chi connectivity index (χ1n) is 10.2. The summed E-state index contributed by atoms with van der Waals surface area (Å²) in [6.07, 6.45) is 2.55. The summed E-state index contributed by atoms with van der Waals surface area (Å²) in [6, 6.07) is 11.2. The van der Waals surface area contributed by atoms with Crippen LogP contribution in [0.2, 0.25) is 0 Å². The number of hydrogen-bond donors (Lipinski definition) is 1. The Hall–Kier alpha value is -3.35. The number of piperidine rings is 1. The molecule has 2 aliphatic heterocycles. The Kier molecular flexibility index (Phi) is 4.27. The summed E-state index contributed by atoms with van der Waals surface area (Å²) in [5.41, 5.74) is 3.63. The van der Waals surface area contributed by atoms with Crippen LogP contribution in [0.1, 0.15) is 59.0 Å². The third kappa shape index (κ3) is 3.10. The summed E-state index contributed by atoms with van der Waals surface area (Å²) in [4.78, 5) is 34.7. The van der Waals surface area contributed by atoms with Crippen LogP contribution in [0.3, 0.4) is 0 Å². The minimum absolute atomic E-state index is 0.0908. The maximum absolute atomic E-state index is 12.9. The second-order valence-electron chi connectivity index (χ2n) is 8.22. The van der Waals surface area contributed by atoms with E-state index in [9.17, 15) is 9.59 Å². The topological polar surface area (TPSA) is 84.5 Å². The number of nitrogens with zero attached hydrogens (tertiary/aromatic N) is 2. The van der Waals surface area contributed by atoms with Crippen molar-refractivity contribution in [2.75, 3.05) is 13.1 Å². The van der Waals surface area contributed by atoms with E-state index in [-0.39, 0.29) is 11.9 Å². The SMILES string of the molecule is CC(C)c1ccc2c(c1)C(=O)OC1(CCN(C(=O)c3cc4ncccc4[nH]3)CC1)O2. The number of esters is 1. The van der Waals surface area contributed by atoms with Gasteiger partial charge in [-0.3, -0.25) is 9.78 Å². The number of ether oxygens (including phenoxy) is 2. The van der Waals surface area contributed by atoms with Crippen molar-refractivity contribution in [3.63, 3.8) is 0 Å². The van der Waals surface area contributed by atoms with E-state index in [4.69, 9.17) is 9.47 Å². The maximum Gasteiger partial charge on any atom is 0.345 e. The van der Waals surface area contributed by atoms with E-state index in [0.717, 1.165) is 16.6 Å². The minimum atomic E-state index is -1.01. The van der Waals surface area contributed by atoms with Crippen LogP contribution in [-0.2, 0) is 4.74 Å². The van der Waals surface area contributed by atoms with Crippen molar-refractivity contribution in [2.45, 2.75) is 38.4 Å². The van der Waals surface area contributed by atoms with Crippen LogP contribution in [0.4, 0.5) is 0 Å². The molecule has 4 heterocycles. The minimum Gasteiger partial charge on any atom is -0.451 e. The number of hydrogen-bond acceptors (Lipinski definition) is 5. The van der Waals surface area contributed by atoms with Gasteiger partial charge in [-0.05, 0) is 41.8 Å². The predicted molar refractivity (Wildman–Crippen MR) is 111 cm³/mol. The fourth-order valence-corrected chi connectivity index (χ4v) is 4.10. The molecule has 7 heteroatoms. The van der Waals surface area contributed by atoms with Crippen LogP contribution in [0, 0.1) is 0 Å². The second-order valence-corrected chi connectivity index (χ2v) is 8.22. The molecule has 0 radical (unpaired) electrons. The molecule has 0 saturated carbocycles. The Balaban J connectivity index is 1.31. The van der Waals surface area contributed by atoms with E-state index in [1.54, 1.807) is 17.2 Å². The van der Waals surface area contributed by atoms with Gasteiger partial charge in [-0.25, -0.2) is 4.79 Å². The number of fused-ring (bicyclic) bond motifs is 2. The van der Waals surface area contributed by atoms with Gasteiger partial charge in [-0.15, -0.1) is 0 Å². The quantitative estimate of drug-likeness (QED) is 0.655. The van der Waals surface area contributed by atoms with Crippen LogP contribution >= 0.6 is 0 Å². The lowest BCUT2D eigenvalue weighted by molar-refractivity contribution is -0.177. The van der Waals surface area contributed by atoms with E-state index in [2.05, 4.69) is 23.8 Å². The number of pyridine rings is 1. The van der Waals surface area contributed by atoms with Gasteiger partial charge < -0.3 is 19.4 Å². The van der Waals surface area contributed by atoms with E-state index in [1.807, 2.05) is 30.3 Å². The van der Waals surface area contributed by atoms with Gasteiger partial charge in [0.1, 0.15) is 17.0 Å². The number of benzene rings is 1. The van der Waals surface area contributed by atoms with Crippen molar-refractivity contribution in [2.24, 2.45) is 0 Å². The average molecular weight is 405 g/mol. The van der Waals surface area contributed by atoms with Crippen LogP contribution in [0.15, 0.2) is 42.6 Å². The van der Waals surface area contributed by atoms with E-state index < -0.39 is 5.79 Å². The highest BCUT2D eigenvalue weighted by Gasteiger charge is 2.45. The molecule has 2 aliphatic rings. The number of amides is 1. The molecule has 7 nitrogen and oxygen atoms in total. The van der Waals surface area contributed by atoms with Crippen molar-refractivity contribution >= 4 is 22.9 Å². The summed E-state index contributed by atoms with van der Waals surface area (Å²) in [7, 11) is 0. The van der Waals surface area contributed by atoms with E-state index in [0.29, 0.717) is 48.9 Å². The summed E-state index contributed by atoms with van der Waals surface area (Å²) in [5, 5.41) is 0. The summed E-state index contributed by atoms with van der Waals surface area (Å²) >= 11 is 0. The van der Waals surface area contributed by atoms with Gasteiger partial charge in [0.15, 0.2) is 0 Å². The first-order valence-corrected chi connectivity index (χ1v) is 10.2. The Morgan fingerprint density at radius 2 is 1.97 bits per heavy atom. The molecule has 154 valence electrons. The predicted octanol–water partition coefficient (Wildman–Crippen LogP) is 3.87. The molecule has 5 rings (SSSR count). The maximum atomic E-state index is 12.9. The van der Waals surface area contributed by atoms with Crippen LogP contribution < -0.4 is 4.74 Å². The number of carbonyl (C=O) groups is 2. The number of aromatic amines is 1.